The predicted octanol–water partition coefficient (Wildman–Crippen LogP) is 9.98. The number of para-hydroxylation sites is 4. The highest BCUT2D eigenvalue weighted by Gasteiger charge is 2.19. The lowest BCUT2D eigenvalue weighted by Crippen LogP contribution is -2.17. The number of hydrogen-bond acceptors (Lipinski definition) is 5. The van der Waals surface area contributed by atoms with Gasteiger partial charge in [0.1, 0.15) is 0 Å². The van der Waals surface area contributed by atoms with E-state index >= 15 is 0 Å². The highest BCUT2D eigenvalue weighted by molar-refractivity contribution is 5.89. The molecule has 0 spiro atoms. The molecule has 1 atom stereocenters. The van der Waals surface area contributed by atoms with Crippen LogP contribution >= 0.6 is 0 Å². The molecule has 0 saturated heterocycles. The molecule has 0 amide bonds. The van der Waals surface area contributed by atoms with Crippen LogP contribution in [-0.4, -0.2) is 21.0 Å². The molecule has 1 aliphatic rings. The van der Waals surface area contributed by atoms with Crippen molar-refractivity contribution in [2.24, 2.45) is 0 Å². The first-order valence-corrected chi connectivity index (χ1v) is 15.2. The monoisotopic (exact) mass is 612 g/mol. The number of carbonyl (C=O) groups is 1. The molecular formula is C40H30N5O2-. The number of aromatic nitrogens is 2. The second-order valence-corrected chi connectivity index (χ2v) is 10.9. The third kappa shape index (κ3) is 6.36. The van der Waals surface area contributed by atoms with Crippen LogP contribution in [0, 0.1) is 0 Å². The summed E-state index contributed by atoms with van der Waals surface area (Å²) < 4.78 is 0. The molecular weight excluding hydrogens is 582 g/mol. The fourth-order valence-corrected chi connectivity index (χ4v) is 5.64. The molecule has 1 aliphatic heterocycles. The fourth-order valence-electron chi connectivity index (χ4n) is 5.64. The summed E-state index contributed by atoms with van der Waals surface area (Å²) in [7, 11) is 0. The molecule has 228 valence electrons. The van der Waals surface area contributed by atoms with Gasteiger partial charge >= 0.3 is 5.97 Å². The van der Waals surface area contributed by atoms with E-state index in [1.54, 1.807) is 24.5 Å². The number of benzene rings is 4. The van der Waals surface area contributed by atoms with E-state index in [0.717, 1.165) is 34.1 Å². The number of anilines is 5. The van der Waals surface area contributed by atoms with E-state index in [9.17, 15) is 9.90 Å². The van der Waals surface area contributed by atoms with Gasteiger partial charge in [0, 0.05) is 46.0 Å². The van der Waals surface area contributed by atoms with Gasteiger partial charge in [-0.05, 0) is 72.8 Å². The molecule has 3 heterocycles. The van der Waals surface area contributed by atoms with Gasteiger partial charge in [0.25, 0.3) is 0 Å². The van der Waals surface area contributed by atoms with E-state index < -0.39 is 12.0 Å². The minimum atomic E-state index is -1.05. The Bertz CT molecular complexity index is 1970. The number of carboxylic acids is 1. The highest BCUT2D eigenvalue weighted by atomic mass is 16.4. The van der Waals surface area contributed by atoms with Gasteiger partial charge in [-0.15, -0.1) is 0 Å². The number of aromatic carboxylic acids is 1. The third-order valence-electron chi connectivity index (χ3n) is 7.80. The zero-order valence-electron chi connectivity index (χ0n) is 25.3. The summed E-state index contributed by atoms with van der Waals surface area (Å²) in [5, 5.41) is 14.8. The molecule has 0 radical (unpaired) electrons. The van der Waals surface area contributed by atoms with Gasteiger partial charge in [-0.25, -0.2) is 4.79 Å². The van der Waals surface area contributed by atoms with Crippen molar-refractivity contribution in [3.05, 3.63) is 192 Å². The van der Waals surface area contributed by atoms with Crippen LogP contribution in [-0.2, 0) is 0 Å². The molecule has 2 aromatic heterocycles. The minimum Gasteiger partial charge on any atom is -0.680 e. The first-order chi connectivity index (χ1) is 23.1. The van der Waals surface area contributed by atoms with E-state index in [2.05, 4.69) is 39.0 Å². The van der Waals surface area contributed by atoms with Crippen molar-refractivity contribution in [2.75, 3.05) is 9.80 Å². The summed E-state index contributed by atoms with van der Waals surface area (Å²) >= 11 is 0. The Kier molecular flexibility index (Phi) is 8.25. The van der Waals surface area contributed by atoms with Gasteiger partial charge in [0.2, 0.25) is 0 Å². The van der Waals surface area contributed by atoms with Gasteiger partial charge in [0.15, 0.2) is 0 Å². The van der Waals surface area contributed by atoms with Crippen LogP contribution in [0.4, 0.5) is 28.4 Å². The summed E-state index contributed by atoms with van der Waals surface area (Å²) in [5.41, 5.74) is 7.33. The summed E-state index contributed by atoms with van der Waals surface area (Å²) in [5.74, 6) is -1.05. The van der Waals surface area contributed by atoms with Crippen molar-refractivity contribution in [2.45, 2.75) is 6.04 Å². The Labute approximate surface area is 273 Å². The first-order valence-electron chi connectivity index (χ1n) is 15.2. The lowest BCUT2D eigenvalue weighted by atomic mass is 10.0. The summed E-state index contributed by atoms with van der Waals surface area (Å²) in [6, 6.07) is 46.8. The Balaban J connectivity index is 1.30. The van der Waals surface area contributed by atoms with Crippen LogP contribution in [0.2, 0.25) is 0 Å². The van der Waals surface area contributed by atoms with Crippen molar-refractivity contribution in [1.29, 1.82) is 0 Å². The van der Waals surface area contributed by atoms with Crippen LogP contribution in [0.15, 0.2) is 176 Å². The van der Waals surface area contributed by atoms with Crippen LogP contribution < -0.4 is 9.80 Å². The molecule has 7 rings (SSSR count). The molecule has 1 N–H and O–H groups in total. The maximum absolute atomic E-state index is 12.4. The van der Waals surface area contributed by atoms with Crippen molar-refractivity contribution in [1.82, 2.24) is 9.97 Å². The van der Waals surface area contributed by atoms with Crippen molar-refractivity contribution in [3.63, 3.8) is 0 Å². The Hall–Kier alpha value is -6.47. The number of allylic oxidation sites excluding steroid dienone is 1. The first kappa shape index (κ1) is 29.3. The van der Waals surface area contributed by atoms with E-state index in [1.807, 2.05) is 121 Å². The quantitative estimate of drug-likeness (QED) is 0.175. The number of rotatable bonds is 9. The number of pyridine rings is 2. The molecule has 6 aromatic rings. The van der Waals surface area contributed by atoms with Gasteiger partial charge in [-0.2, -0.15) is 6.20 Å². The lowest BCUT2D eigenvalue weighted by Gasteiger charge is -2.35. The maximum Gasteiger partial charge on any atom is 0.335 e. The molecule has 47 heavy (non-hydrogen) atoms. The molecule has 0 aliphatic carbocycles. The summed E-state index contributed by atoms with van der Waals surface area (Å²) in [6.45, 7) is 0. The summed E-state index contributed by atoms with van der Waals surface area (Å²) in [4.78, 5) is 26.3. The zero-order chi connectivity index (χ0) is 32.0. The molecule has 1 unspecified atom stereocenters. The molecule has 7 nitrogen and oxygen atoms in total. The van der Waals surface area contributed by atoms with E-state index in [1.165, 1.54) is 0 Å². The van der Waals surface area contributed by atoms with Crippen molar-refractivity contribution in [3.8, 4) is 11.4 Å². The van der Waals surface area contributed by atoms with Crippen LogP contribution in [0.3, 0.4) is 0 Å². The van der Waals surface area contributed by atoms with E-state index in [4.69, 9.17) is 10.3 Å². The zero-order valence-corrected chi connectivity index (χ0v) is 25.3. The third-order valence-corrected chi connectivity index (χ3v) is 7.80. The molecule has 0 saturated carbocycles. The lowest BCUT2D eigenvalue weighted by molar-refractivity contribution is 0.0696. The minimum absolute atomic E-state index is 0.114. The smallest absolute Gasteiger partial charge is 0.335 e. The summed E-state index contributed by atoms with van der Waals surface area (Å²) in [6.07, 6.45) is 7.44. The fraction of sp³-hybridized carbons (Fsp3) is 0.0250. The predicted molar refractivity (Wildman–Crippen MR) is 187 cm³/mol. The highest BCUT2D eigenvalue weighted by Crippen LogP contribution is 2.38. The van der Waals surface area contributed by atoms with Gasteiger partial charge in [-0.3, -0.25) is 9.97 Å². The topological polar surface area (TPSA) is 83.7 Å². The van der Waals surface area contributed by atoms with Gasteiger partial charge < -0.3 is 20.2 Å². The number of nitrogens with zero attached hydrogens (tertiary/aromatic N) is 5. The van der Waals surface area contributed by atoms with Crippen LogP contribution in [0.5, 0.6) is 0 Å². The van der Waals surface area contributed by atoms with Gasteiger partial charge in [0.05, 0.1) is 17.0 Å². The second kappa shape index (κ2) is 13.3. The van der Waals surface area contributed by atoms with Gasteiger partial charge in [-0.1, -0.05) is 91.0 Å². The Morgan fingerprint density at radius 3 is 1.68 bits per heavy atom. The molecule has 4 aromatic carbocycles. The SMILES string of the molecule is O=C(O)c1cc(-c2cc(N(c3ccccc3)c3ccccc3)ccn2)nc(C2C=C(N(c3ccccc3)c3ccccc3)C=C[N-]2)c1. The average molecular weight is 613 g/mol. The number of carboxylic acid groups (broad SMARTS) is 1. The largest absolute Gasteiger partial charge is 0.680 e. The average Bonchev–Trinajstić information content (AvgIpc) is 3.14. The van der Waals surface area contributed by atoms with E-state index in [-0.39, 0.29) is 5.56 Å². The molecule has 0 bridgehead atoms. The number of hydrogen-bond donors (Lipinski definition) is 1. The van der Waals surface area contributed by atoms with E-state index in [0.29, 0.717) is 17.1 Å². The molecule has 0 fully saturated rings. The maximum atomic E-state index is 12.4. The van der Waals surface area contributed by atoms with Crippen molar-refractivity contribution >= 4 is 34.4 Å². The van der Waals surface area contributed by atoms with Crippen LogP contribution in [0.25, 0.3) is 16.7 Å². The Morgan fingerprint density at radius 2 is 1.15 bits per heavy atom. The molecule has 7 heteroatoms. The normalized spacial score (nSPS) is 13.7. The standard InChI is InChI=1S/C40H30N5O2/c46-40(47)29-25-38(36-27-34(21-23-41-36)44(30-13-5-1-6-14-30)31-15-7-2-8-16-31)43-39(26-29)37-28-35(22-24-42-37)45(32-17-9-3-10-18-32)33-19-11-4-12-20-33/h1-28,36H,(H,46,47)/q-1. The second-order valence-electron chi connectivity index (χ2n) is 10.9. The van der Waals surface area contributed by atoms with Crippen LogP contribution in [0.1, 0.15) is 22.1 Å². The van der Waals surface area contributed by atoms with Crippen molar-refractivity contribution < 1.29 is 9.90 Å². The Morgan fingerprint density at radius 1 is 0.617 bits per heavy atom.